The monoisotopic (exact) mass is 228 g/mol. The van der Waals surface area contributed by atoms with Crippen molar-refractivity contribution in [3.05, 3.63) is 22.4 Å². The van der Waals surface area contributed by atoms with Gasteiger partial charge in [0, 0.05) is 11.4 Å². The van der Waals surface area contributed by atoms with Crippen LogP contribution in [0.15, 0.2) is 17.5 Å². The molecule has 0 aromatic carbocycles. The zero-order valence-electron chi connectivity index (χ0n) is 8.38. The molecule has 0 saturated carbocycles. The number of nitrogens with one attached hydrogen (secondary N) is 2. The van der Waals surface area contributed by atoms with E-state index in [0.29, 0.717) is 0 Å². The minimum absolute atomic E-state index is 0.756. The highest BCUT2D eigenvalue weighted by atomic mass is 32.1. The van der Waals surface area contributed by atoms with E-state index in [1.54, 1.807) is 11.3 Å². The minimum Gasteiger partial charge on any atom is -0.363 e. The van der Waals surface area contributed by atoms with Crippen molar-refractivity contribution >= 4 is 28.7 Å². The van der Waals surface area contributed by atoms with E-state index in [2.05, 4.69) is 35.1 Å². The average molecular weight is 228 g/mol. The molecule has 0 aliphatic carbocycles. The summed E-state index contributed by atoms with van der Waals surface area (Å²) in [6, 6.07) is 4.15. The summed E-state index contributed by atoms with van der Waals surface area (Å²) in [4.78, 5) is 1.31. The molecule has 2 nitrogen and oxygen atoms in total. The molecule has 0 saturated heterocycles. The fourth-order valence-corrected chi connectivity index (χ4v) is 1.84. The molecule has 4 heteroatoms. The van der Waals surface area contributed by atoms with Gasteiger partial charge in [-0.2, -0.15) is 0 Å². The van der Waals surface area contributed by atoms with E-state index >= 15 is 0 Å². The molecule has 0 aliphatic rings. The summed E-state index contributed by atoms with van der Waals surface area (Å²) >= 11 is 6.87. The van der Waals surface area contributed by atoms with Crippen LogP contribution in [0.25, 0.3) is 0 Å². The van der Waals surface area contributed by atoms with Crippen molar-refractivity contribution < 1.29 is 0 Å². The lowest BCUT2D eigenvalue weighted by molar-refractivity contribution is 0.740. The Morgan fingerprint density at radius 1 is 1.50 bits per heavy atom. The van der Waals surface area contributed by atoms with Gasteiger partial charge in [-0.05, 0) is 30.1 Å². The Balaban J connectivity index is 2.09. The molecule has 0 unspecified atom stereocenters. The third-order valence-corrected chi connectivity index (χ3v) is 2.98. The maximum absolute atomic E-state index is 5.12. The van der Waals surface area contributed by atoms with E-state index in [1.807, 2.05) is 0 Å². The van der Waals surface area contributed by atoms with Gasteiger partial charge in [-0.15, -0.1) is 11.3 Å². The largest absolute Gasteiger partial charge is 0.363 e. The second-order valence-corrected chi connectivity index (χ2v) is 4.48. The first-order chi connectivity index (χ1) is 6.83. The summed E-state index contributed by atoms with van der Waals surface area (Å²) in [5, 5.41) is 9.18. The molecule has 0 amide bonds. The van der Waals surface area contributed by atoms with Gasteiger partial charge in [0.1, 0.15) is 0 Å². The SMILES string of the molecule is CCCCNC(=S)NCc1cccs1. The Kier molecular flexibility index (Phi) is 5.56. The third kappa shape index (κ3) is 4.58. The zero-order valence-corrected chi connectivity index (χ0v) is 10.0. The van der Waals surface area contributed by atoms with Crippen LogP contribution in [0.1, 0.15) is 24.6 Å². The van der Waals surface area contributed by atoms with Gasteiger partial charge in [-0.25, -0.2) is 0 Å². The van der Waals surface area contributed by atoms with Crippen LogP contribution in [-0.2, 0) is 6.54 Å². The van der Waals surface area contributed by atoms with E-state index in [4.69, 9.17) is 12.2 Å². The second-order valence-electron chi connectivity index (χ2n) is 3.04. The minimum atomic E-state index is 0.756. The number of thiophene rings is 1. The molecule has 0 spiro atoms. The third-order valence-electron chi connectivity index (χ3n) is 1.82. The van der Waals surface area contributed by atoms with Crippen LogP contribution in [0.4, 0.5) is 0 Å². The van der Waals surface area contributed by atoms with Crippen LogP contribution in [0.2, 0.25) is 0 Å². The Hall–Kier alpha value is -0.610. The highest BCUT2D eigenvalue weighted by Gasteiger charge is 1.95. The van der Waals surface area contributed by atoms with Gasteiger partial charge in [0.2, 0.25) is 0 Å². The van der Waals surface area contributed by atoms with E-state index in [9.17, 15) is 0 Å². The lowest BCUT2D eigenvalue weighted by atomic mass is 10.3. The molecule has 14 heavy (non-hydrogen) atoms. The Bertz CT molecular complexity index is 257. The maximum Gasteiger partial charge on any atom is 0.166 e. The second kappa shape index (κ2) is 6.79. The van der Waals surface area contributed by atoms with Gasteiger partial charge < -0.3 is 10.6 Å². The van der Waals surface area contributed by atoms with Crippen molar-refractivity contribution in [2.45, 2.75) is 26.3 Å². The summed E-state index contributed by atoms with van der Waals surface area (Å²) in [6.07, 6.45) is 2.36. The number of unbranched alkanes of at least 4 members (excludes halogenated alkanes) is 1. The van der Waals surface area contributed by atoms with Crippen molar-refractivity contribution in [2.24, 2.45) is 0 Å². The molecular weight excluding hydrogens is 212 g/mol. The smallest absolute Gasteiger partial charge is 0.166 e. The Labute approximate surface area is 94.7 Å². The van der Waals surface area contributed by atoms with Gasteiger partial charge in [-0.1, -0.05) is 19.4 Å². The molecule has 2 N–H and O–H groups in total. The Morgan fingerprint density at radius 2 is 2.36 bits per heavy atom. The highest BCUT2D eigenvalue weighted by molar-refractivity contribution is 7.80. The number of thiocarbonyl (C=S) groups is 1. The van der Waals surface area contributed by atoms with Crippen molar-refractivity contribution in [3.63, 3.8) is 0 Å². The first kappa shape index (κ1) is 11.5. The molecule has 1 rings (SSSR count). The normalized spacial score (nSPS) is 9.79. The molecule has 0 radical (unpaired) electrons. The number of hydrogen-bond donors (Lipinski definition) is 2. The highest BCUT2D eigenvalue weighted by Crippen LogP contribution is 2.06. The molecule has 0 aliphatic heterocycles. The van der Waals surface area contributed by atoms with E-state index < -0.39 is 0 Å². The van der Waals surface area contributed by atoms with Gasteiger partial charge in [0.15, 0.2) is 5.11 Å². The lowest BCUT2D eigenvalue weighted by Gasteiger charge is -2.08. The van der Waals surface area contributed by atoms with Crippen molar-refractivity contribution in [3.8, 4) is 0 Å². The van der Waals surface area contributed by atoms with Crippen molar-refractivity contribution in [1.29, 1.82) is 0 Å². The van der Waals surface area contributed by atoms with Gasteiger partial charge >= 0.3 is 0 Å². The van der Waals surface area contributed by atoms with Gasteiger partial charge in [-0.3, -0.25) is 0 Å². The molecule has 1 aromatic rings. The Morgan fingerprint density at radius 3 is 3.00 bits per heavy atom. The van der Waals surface area contributed by atoms with E-state index in [1.165, 1.54) is 17.7 Å². The standard InChI is InChI=1S/C10H16N2S2/c1-2-3-6-11-10(13)12-8-9-5-4-7-14-9/h4-5,7H,2-3,6,8H2,1H3,(H2,11,12,13). The van der Waals surface area contributed by atoms with Crippen LogP contribution in [-0.4, -0.2) is 11.7 Å². The summed E-state index contributed by atoms with van der Waals surface area (Å²) in [5.41, 5.74) is 0. The maximum atomic E-state index is 5.12. The average Bonchev–Trinajstić information content (AvgIpc) is 2.68. The summed E-state index contributed by atoms with van der Waals surface area (Å²) in [5.74, 6) is 0. The first-order valence-corrected chi connectivity index (χ1v) is 6.15. The molecule has 1 heterocycles. The van der Waals surface area contributed by atoms with Crippen LogP contribution < -0.4 is 10.6 Å². The van der Waals surface area contributed by atoms with Crippen molar-refractivity contribution in [2.75, 3.05) is 6.54 Å². The van der Waals surface area contributed by atoms with Gasteiger partial charge in [0.25, 0.3) is 0 Å². The predicted molar refractivity (Wildman–Crippen MR) is 66.7 cm³/mol. The lowest BCUT2D eigenvalue weighted by Crippen LogP contribution is -2.35. The fourth-order valence-electron chi connectivity index (χ4n) is 1.02. The topological polar surface area (TPSA) is 24.1 Å². The predicted octanol–water partition coefficient (Wildman–Crippen LogP) is 2.51. The fraction of sp³-hybridized carbons (Fsp3) is 0.500. The van der Waals surface area contributed by atoms with Gasteiger partial charge in [0.05, 0.1) is 6.54 Å². The quantitative estimate of drug-likeness (QED) is 0.598. The van der Waals surface area contributed by atoms with Crippen molar-refractivity contribution in [1.82, 2.24) is 10.6 Å². The molecule has 0 bridgehead atoms. The number of hydrogen-bond acceptors (Lipinski definition) is 2. The summed E-state index contributed by atoms with van der Waals surface area (Å²) < 4.78 is 0. The molecule has 0 atom stereocenters. The summed E-state index contributed by atoms with van der Waals surface area (Å²) in [7, 11) is 0. The van der Waals surface area contributed by atoms with Crippen LogP contribution in [0.3, 0.4) is 0 Å². The van der Waals surface area contributed by atoms with E-state index in [-0.39, 0.29) is 0 Å². The molecule has 78 valence electrons. The summed E-state index contributed by atoms with van der Waals surface area (Å²) in [6.45, 7) is 3.96. The van der Waals surface area contributed by atoms with Crippen LogP contribution in [0, 0.1) is 0 Å². The zero-order chi connectivity index (χ0) is 10.2. The first-order valence-electron chi connectivity index (χ1n) is 4.87. The molecule has 1 aromatic heterocycles. The number of rotatable bonds is 5. The molecular formula is C10H16N2S2. The van der Waals surface area contributed by atoms with Crippen LogP contribution in [0.5, 0.6) is 0 Å². The van der Waals surface area contributed by atoms with Crippen LogP contribution >= 0.6 is 23.6 Å². The molecule has 0 fully saturated rings. The van der Waals surface area contributed by atoms with E-state index in [0.717, 1.165) is 18.2 Å².